The second kappa shape index (κ2) is 7.86. The van der Waals surface area contributed by atoms with Crippen molar-refractivity contribution in [2.24, 2.45) is 11.8 Å². The van der Waals surface area contributed by atoms with Crippen molar-refractivity contribution in [3.8, 4) is 11.5 Å². The van der Waals surface area contributed by atoms with Crippen LogP contribution in [0.5, 0.6) is 11.5 Å². The number of fused-ring (bicyclic) bond motifs is 2. The minimum atomic E-state index is -1.19. The lowest BCUT2D eigenvalue weighted by Crippen LogP contribution is -2.61. The standard InChI is InChI=1S/C24H25NO5/c1-28-19-12-10-17(14-20(19)29-2)21-16-9-11-18(13-16)24(21,23(27)30-3)25-22(26)15-7-5-4-6-8-15/h4-12,14,16,18,21H,13H2,1-3H3,(H,25,26)/t16-,18+,21+,24+/m0/s1. The number of ether oxygens (including phenoxy) is 3. The molecule has 0 aliphatic heterocycles. The molecule has 2 aliphatic carbocycles. The lowest BCUT2D eigenvalue weighted by atomic mass is 9.71. The van der Waals surface area contributed by atoms with E-state index in [9.17, 15) is 9.59 Å². The van der Waals surface area contributed by atoms with Crippen LogP contribution in [0.25, 0.3) is 0 Å². The zero-order valence-electron chi connectivity index (χ0n) is 17.3. The SMILES string of the molecule is COC(=O)[C@@]1(NC(=O)c2ccccc2)[C@@H]2C=C[C@@H](C2)[C@@H]1c1ccc(OC)c(OC)c1. The molecule has 0 radical (unpaired) electrons. The van der Waals surface area contributed by atoms with Crippen LogP contribution in [0.3, 0.4) is 0 Å². The summed E-state index contributed by atoms with van der Waals surface area (Å²) in [4.78, 5) is 26.3. The largest absolute Gasteiger partial charge is 0.493 e. The van der Waals surface area contributed by atoms with E-state index in [1.807, 2.05) is 30.3 Å². The molecule has 2 aliphatic rings. The summed E-state index contributed by atoms with van der Waals surface area (Å²) in [6.45, 7) is 0. The Labute approximate surface area is 175 Å². The maximum atomic E-state index is 13.2. The molecule has 6 heteroatoms. The molecule has 1 N–H and O–H groups in total. The Balaban J connectivity index is 1.81. The first-order valence-electron chi connectivity index (χ1n) is 9.91. The van der Waals surface area contributed by atoms with Gasteiger partial charge in [0.25, 0.3) is 5.91 Å². The number of nitrogens with one attached hydrogen (secondary N) is 1. The molecule has 0 heterocycles. The van der Waals surface area contributed by atoms with E-state index < -0.39 is 11.5 Å². The Hall–Kier alpha value is -3.28. The number of benzene rings is 2. The van der Waals surface area contributed by atoms with Crippen molar-refractivity contribution in [3.05, 3.63) is 71.8 Å². The Morgan fingerprint density at radius 3 is 2.37 bits per heavy atom. The Kier molecular flexibility index (Phi) is 5.24. The van der Waals surface area contributed by atoms with Gasteiger partial charge in [0, 0.05) is 17.4 Å². The zero-order valence-corrected chi connectivity index (χ0v) is 17.3. The molecule has 2 bridgehead atoms. The van der Waals surface area contributed by atoms with Gasteiger partial charge in [0.05, 0.1) is 21.3 Å². The van der Waals surface area contributed by atoms with Crippen LogP contribution in [-0.2, 0) is 9.53 Å². The van der Waals surface area contributed by atoms with Crippen molar-refractivity contribution in [2.75, 3.05) is 21.3 Å². The molecule has 4 rings (SSSR count). The smallest absolute Gasteiger partial charge is 0.332 e. The molecular weight excluding hydrogens is 382 g/mol. The van der Waals surface area contributed by atoms with E-state index in [0.29, 0.717) is 17.1 Å². The van der Waals surface area contributed by atoms with Gasteiger partial charge in [-0.25, -0.2) is 4.79 Å². The summed E-state index contributed by atoms with van der Waals surface area (Å²) in [5.41, 5.74) is 0.197. The van der Waals surface area contributed by atoms with Gasteiger partial charge in [-0.05, 0) is 42.2 Å². The molecule has 30 heavy (non-hydrogen) atoms. The third-order valence-corrected chi connectivity index (χ3v) is 6.27. The molecule has 0 spiro atoms. The van der Waals surface area contributed by atoms with Gasteiger partial charge in [-0.3, -0.25) is 4.79 Å². The Morgan fingerprint density at radius 2 is 1.70 bits per heavy atom. The van der Waals surface area contributed by atoms with Gasteiger partial charge < -0.3 is 19.5 Å². The fraction of sp³-hybridized carbons (Fsp3) is 0.333. The molecule has 4 atom stereocenters. The summed E-state index contributed by atoms with van der Waals surface area (Å²) >= 11 is 0. The predicted molar refractivity (Wildman–Crippen MR) is 112 cm³/mol. The van der Waals surface area contributed by atoms with Gasteiger partial charge in [-0.1, -0.05) is 36.4 Å². The summed E-state index contributed by atoms with van der Waals surface area (Å²) in [7, 11) is 4.52. The monoisotopic (exact) mass is 407 g/mol. The molecule has 6 nitrogen and oxygen atoms in total. The summed E-state index contributed by atoms with van der Waals surface area (Å²) in [5, 5.41) is 3.07. The van der Waals surface area contributed by atoms with Crippen molar-refractivity contribution >= 4 is 11.9 Å². The van der Waals surface area contributed by atoms with Crippen molar-refractivity contribution in [1.82, 2.24) is 5.32 Å². The summed E-state index contributed by atoms with van der Waals surface area (Å²) in [6, 6.07) is 14.5. The van der Waals surface area contributed by atoms with E-state index in [4.69, 9.17) is 14.2 Å². The average Bonchev–Trinajstić information content (AvgIpc) is 3.39. The van der Waals surface area contributed by atoms with E-state index in [1.54, 1.807) is 38.5 Å². The molecule has 1 amide bonds. The first-order valence-corrected chi connectivity index (χ1v) is 9.91. The molecule has 2 aromatic rings. The van der Waals surface area contributed by atoms with Crippen LogP contribution >= 0.6 is 0 Å². The quantitative estimate of drug-likeness (QED) is 0.587. The zero-order chi connectivity index (χ0) is 21.3. The van der Waals surface area contributed by atoms with Crippen molar-refractivity contribution in [3.63, 3.8) is 0 Å². The van der Waals surface area contributed by atoms with Crippen LogP contribution in [0.4, 0.5) is 0 Å². The highest BCUT2D eigenvalue weighted by atomic mass is 16.5. The molecule has 2 aromatic carbocycles. The summed E-state index contributed by atoms with van der Waals surface area (Å²) in [6.07, 6.45) is 4.91. The Morgan fingerprint density at radius 1 is 0.967 bits per heavy atom. The fourth-order valence-corrected chi connectivity index (χ4v) is 4.95. The summed E-state index contributed by atoms with van der Waals surface area (Å²) in [5.74, 6) is 0.110. The predicted octanol–water partition coefficient (Wildman–Crippen LogP) is 3.34. The van der Waals surface area contributed by atoms with Crippen LogP contribution in [0, 0.1) is 11.8 Å². The van der Waals surface area contributed by atoms with E-state index in [-0.39, 0.29) is 23.7 Å². The number of hydrogen-bond acceptors (Lipinski definition) is 5. The maximum absolute atomic E-state index is 13.2. The van der Waals surface area contributed by atoms with Gasteiger partial charge in [-0.15, -0.1) is 0 Å². The number of esters is 1. The lowest BCUT2D eigenvalue weighted by Gasteiger charge is -2.40. The van der Waals surface area contributed by atoms with Crippen LogP contribution in [0.15, 0.2) is 60.7 Å². The van der Waals surface area contributed by atoms with Crippen LogP contribution in [0.2, 0.25) is 0 Å². The minimum Gasteiger partial charge on any atom is -0.493 e. The van der Waals surface area contributed by atoms with Crippen molar-refractivity contribution in [2.45, 2.75) is 17.9 Å². The second-order valence-corrected chi connectivity index (χ2v) is 7.66. The topological polar surface area (TPSA) is 73.9 Å². The van der Waals surface area contributed by atoms with Crippen molar-refractivity contribution in [1.29, 1.82) is 0 Å². The van der Waals surface area contributed by atoms with Crippen LogP contribution in [-0.4, -0.2) is 38.7 Å². The number of hydrogen-bond donors (Lipinski definition) is 1. The van der Waals surface area contributed by atoms with Gasteiger partial charge in [0.15, 0.2) is 17.0 Å². The Bertz CT molecular complexity index is 986. The molecule has 0 unspecified atom stereocenters. The first-order chi connectivity index (χ1) is 14.5. The van der Waals surface area contributed by atoms with Gasteiger partial charge in [0.2, 0.25) is 0 Å². The number of carbonyl (C=O) groups is 2. The number of allylic oxidation sites excluding steroid dienone is 1. The molecular formula is C24H25NO5. The molecule has 1 saturated carbocycles. The number of amides is 1. The average molecular weight is 407 g/mol. The maximum Gasteiger partial charge on any atom is 0.332 e. The normalized spacial score (nSPS) is 26.3. The van der Waals surface area contributed by atoms with E-state index >= 15 is 0 Å². The lowest BCUT2D eigenvalue weighted by molar-refractivity contribution is -0.150. The fourth-order valence-electron chi connectivity index (χ4n) is 4.95. The van der Waals surface area contributed by atoms with E-state index in [1.165, 1.54) is 7.11 Å². The van der Waals surface area contributed by atoms with Crippen LogP contribution < -0.4 is 14.8 Å². The van der Waals surface area contributed by atoms with Crippen molar-refractivity contribution < 1.29 is 23.8 Å². The number of methoxy groups -OCH3 is 3. The third-order valence-electron chi connectivity index (χ3n) is 6.27. The number of rotatable bonds is 6. The third kappa shape index (κ3) is 3.03. The van der Waals surface area contributed by atoms with Gasteiger partial charge in [-0.2, -0.15) is 0 Å². The summed E-state index contributed by atoms with van der Waals surface area (Å²) < 4.78 is 16.1. The highest BCUT2D eigenvalue weighted by Crippen LogP contribution is 2.56. The van der Waals surface area contributed by atoms with E-state index in [0.717, 1.165) is 12.0 Å². The highest BCUT2D eigenvalue weighted by Gasteiger charge is 2.62. The molecule has 0 aromatic heterocycles. The second-order valence-electron chi connectivity index (χ2n) is 7.66. The first kappa shape index (κ1) is 20.0. The van der Waals surface area contributed by atoms with Gasteiger partial charge >= 0.3 is 5.97 Å². The number of carbonyl (C=O) groups excluding carboxylic acids is 2. The van der Waals surface area contributed by atoms with Gasteiger partial charge in [0.1, 0.15) is 0 Å². The minimum absolute atomic E-state index is 0.100. The van der Waals surface area contributed by atoms with E-state index in [2.05, 4.69) is 11.4 Å². The molecule has 0 saturated heterocycles. The molecule has 156 valence electrons. The highest BCUT2D eigenvalue weighted by molar-refractivity contribution is 5.99. The molecule has 1 fully saturated rings. The van der Waals surface area contributed by atoms with Crippen LogP contribution in [0.1, 0.15) is 28.3 Å².